The molecule has 0 heterocycles. The summed E-state index contributed by atoms with van der Waals surface area (Å²) >= 11 is 0. The van der Waals surface area contributed by atoms with Gasteiger partial charge in [0.25, 0.3) is 0 Å². The van der Waals surface area contributed by atoms with E-state index in [0.717, 1.165) is 6.54 Å². The fraction of sp³-hybridized carbons (Fsp3) is 0.571. The molecule has 1 aromatic rings. The van der Waals surface area contributed by atoms with E-state index in [0.29, 0.717) is 6.04 Å². The Kier molecular flexibility index (Phi) is 4.97. The molecule has 0 bridgehead atoms. The first-order valence-electron chi connectivity index (χ1n) is 5.88. The first-order valence-corrected chi connectivity index (χ1v) is 5.88. The van der Waals surface area contributed by atoms with E-state index < -0.39 is 0 Å². The van der Waals surface area contributed by atoms with Crippen LogP contribution < -0.4 is 5.32 Å². The Labute approximate surface area is 99.0 Å². The van der Waals surface area contributed by atoms with Gasteiger partial charge in [-0.15, -0.1) is 0 Å². The molecular formula is C14H23NO. The highest BCUT2D eigenvalue weighted by molar-refractivity contribution is 5.32. The maximum atomic E-state index is 5.23. The second kappa shape index (κ2) is 6.02. The first-order chi connectivity index (χ1) is 7.54. The van der Waals surface area contributed by atoms with Crippen molar-refractivity contribution in [3.8, 4) is 0 Å². The van der Waals surface area contributed by atoms with Crippen molar-refractivity contribution >= 4 is 0 Å². The predicted octanol–water partition coefficient (Wildman–Crippen LogP) is 2.99. The topological polar surface area (TPSA) is 21.3 Å². The fourth-order valence-electron chi connectivity index (χ4n) is 1.76. The van der Waals surface area contributed by atoms with Crippen LogP contribution in [0.5, 0.6) is 0 Å². The summed E-state index contributed by atoms with van der Waals surface area (Å²) in [6.45, 7) is 9.44. The van der Waals surface area contributed by atoms with E-state index >= 15 is 0 Å². The number of benzene rings is 1. The number of aryl methyl sites for hydroxylation is 2. The molecule has 0 amide bonds. The van der Waals surface area contributed by atoms with E-state index in [-0.39, 0.29) is 6.10 Å². The molecule has 1 rings (SSSR count). The molecule has 16 heavy (non-hydrogen) atoms. The van der Waals surface area contributed by atoms with Crippen LogP contribution in [0.3, 0.4) is 0 Å². The maximum Gasteiger partial charge on any atom is 0.0667 e. The van der Waals surface area contributed by atoms with Crippen molar-refractivity contribution in [2.75, 3.05) is 13.7 Å². The number of rotatable bonds is 5. The summed E-state index contributed by atoms with van der Waals surface area (Å²) in [5.41, 5.74) is 4.04. The molecule has 0 radical (unpaired) electrons. The van der Waals surface area contributed by atoms with Crippen LogP contribution in [-0.2, 0) is 4.74 Å². The molecule has 0 saturated heterocycles. The molecule has 90 valence electrons. The molecule has 0 aromatic heterocycles. The largest absolute Gasteiger partial charge is 0.380 e. The van der Waals surface area contributed by atoms with Crippen molar-refractivity contribution in [2.45, 2.75) is 39.8 Å². The molecular weight excluding hydrogens is 198 g/mol. The van der Waals surface area contributed by atoms with Gasteiger partial charge in [0.1, 0.15) is 0 Å². The van der Waals surface area contributed by atoms with E-state index in [4.69, 9.17) is 4.74 Å². The molecule has 0 fully saturated rings. The molecule has 1 N–H and O–H groups in total. The maximum absolute atomic E-state index is 5.23. The van der Waals surface area contributed by atoms with Gasteiger partial charge in [0, 0.05) is 19.7 Å². The molecule has 0 aliphatic heterocycles. The Morgan fingerprint density at radius 3 is 2.56 bits per heavy atom. The second-order valence-electron chi connectivity index (χ2n) is 4.54. The zero-order chi connectivity index (χ0) is 12.1. The van der Waals surface area contributed by atoms with Crippen molar-refractivity contribution in [1.82, 2.24) is 5.32 Å². The van der Waals surface area contributed by atoms with E-state index in [1.807, 2.05) is 0 Å². The monoisotopic (exact) mass is 221 g/mol. The molecule has 2 atom stereocenters. The smallest absolute Gasteiger partial charge is 0.0667 e. The zero-order valence-corrected chi connectivity index (χ0v) is 11.0. The minimum absolute atomic E-state index is 0.257. The highest BCUT2D eigenvalue weighted by Crippen LogP contribution is 2.18. The lowest BCUT2D eigenvalue weighted by Crippen LogP contribution is -2.28. The van der Waals surface area contributed by atoms with E-state index in [2.05, 4.69) is 51.2 Å². The van der Waals surface area contributed by atoms with Crippen LogP contribution in [0, 0.1) is 13.8 Å². The van der Waals surface area contributed by atoms with Crippen molar-refractivity contribution < 1.29 is 4.74 Å². The van der Waals surface area contributed by atoms with E-state index in [1.54, 1.807) is 7.11 Å². The number of hydrogen-bond donors (Lipinski definition) is 1. The Balaban J connectivity index is 2.65. The predicted molar refractivity (Wildman–Crippen MR) is 68.8 cm³/mol. The first kappa shape index (κ1) is 13.2. The van der Waals surface area contributed by atoms with Gasteiger partial charge in [-0.05, 0) is 38.8 Å². The Morgan fingerprint density at radius 2 is 1.94 bits per heavy atom. The number of methoxy groups -OCH3 is 1. The summed E-state index contributed by atoms with van der Waals surface area (Å²) in [5, 5.41) is 3.49. The van der Waals surface area contributed by atoms with Crippen LogP contribution in [0.25, 0.3) is 0 Å². The van der Waals surface area contributed by atoms with Crippen molar-refractivity contribution in [2.24, 2.45) is 0 Å². The van der Waals surface area contributed by atoms with Crippen molar-refractivity contribution in [3.63, 3.8) is 0 Å². The fourth-order valence-corrected chi connectivity index (χ4v) is 1.76. The third-order valence-corrected chi connectivity index (χ3v) is 3.02. The van der Waals surface area contributed by atoms with Gasteiger partial charge in [-0.2, -0.15) is 0 Å². The Hall–Kier alpha value is -0.860. The van der Waals surface area contributed by atoms with Gasteiger partial charge in [-0.1, -0.05) is 23.8 Å². The molecule has 2 heteroatoms. The van der Waals surface area contributed by atoms with Gasteiger partial charge >= 0.3 is 0 Å². The number of hydrogen-bond acceptors (Lipinski definition) is 2. The lowest BCUT2D eigenvalue weighted by atomic mass is 10.00. The molecule has 2 unspecified atom stereocenters. The Morgan fingerprint density at radius 1 is 1.25 bits per heavy atom. The third-order valence-electron chi connectivity index (χ3n) is 3.02. The van der Waals surface area contributed by atoms with Crippen molar-refractivity contribution in [1.29, 1.82) is 0 Å². The normalized spacial score (nSPS) is 14.8. The molecule has 0 spiro atoms. The lowest BCUT2D eigenvalue weighted by Gasteiger charge is -2.19. The van der Waals surface area contributed by atoms with Gasteiger partial charge < -0.3 is 10.1 Å². The van der Waals surface area contributed by atoms with E-state index in [9.17, 15) is 0 Å². The molecule has 0 aliphatic rings. The highest BCUT2D eigenvalue weighted by Gasteiger charge is 2.09. The Bertz CT molecular complexity index is 336. The van der Waals surface area contributed by atoms with Crippen molar-refractivity contribution in [3.05, 3.63) is 34.9 Å². The average Bonchev–Trinajstić information content (AvgIpc) is 2.28. The molecule has 0 aliphatic carbocycles. The summed E-state index contributed by atoms with van der Waals surface area (Å²) < 4.78 is 5.23. The molecule has 1 aromatic carbocycles. The third kappa shape index (κ3) is 3.62. The summed E-state index contributed by atoms with van der Waals surface area (Å²) in [4.78, 5) is 0. The molecule has 0 saturated carbocycles. The van der Waals surface area contributed by atoms with Crippen LogP contribution in [0.4, 0.5) is 0 Å². The van der Waals surface area contributed by atoms with Crippen LogP contribution in [0.2, 0.25) is 0 Å². The summed E-state index contributed by atoms with van der Waals surface area (Å²) in [5.74, 6) is 0. The summed E-state index contributed by atoms with van der Waals surface area (Å²) in [6.07, 6.45) is 0.257. The van der Waals surface area contributed by atoms with Gasteiger partial charge in [-0.3, -0.25) is 0 Å². The minimum atomic E-state index is 0.257. The highest BCUT2D eigenvalue weighted by atomic mass is 16.5. The van der Waals surface area contributed by atoms with Crippen LogP contribution in [-0.4, -0.2) is 19.8 Å². The summed E-state index contributed by atoms with van der Waals surface area (Å²) in [6, 6.07) is 6.97. The minimum Gasteiger partial charge on any atom is -0.380 e. The van der Waals surface area contributed by atoms with Gasteiger partial charge in [0.2, 0.25) is 0 Å². The van der Waals surface area contributed by atoms with Gasteiger partial charge in [0.05, 0.1) is 6.10 Å². The quantitative estimate of drug-likeness (QED) is 0.825. The SMILES string of the molecule is COC(C)CNC(C)c1cc(C)ccc1C. The zero-order valence-electron chi connectivity index (χ0n) is 11.0. The van der Waals surface area contributed by atoms with Crippen LogP contribution in [0.1, 0.15) is 36.6 Å². The number of nitrogens with one attached hydrogen (secondary N) is 1. The lowest BCUT2D eigenvalue weighted by molar-refractivity contribution is 0.115. The van der Waals surface area contributed by atoms with Crippen LogP contribution >= 0.6 is 0 Å². The van der Waals surface area contributed by atoms with Crippen LogP contribution in [0.15, 0.2) is 18.2 Å². The standard InChI is InChI=1S/C14H23NO/c1-10-6-7-11(2)14(8-10)13(4)15-9-12(3)16-5/h6-8,12-13,15H,9H2,1-5H3. The second-order valence-corrected chi connectivity index (χ2v) is 4.54. The average molecular weight is 221 g/mol. The summed E-state index contributed by atoms with van der Waals surface area (Å²) in [7, 11) is 1.74. The van der Waals surface area contributed by atoms with E-state index in [1.165, 1.54) is 16.7 Å². The number of ether oxygens (including phenoxy) is 1. The van der Waals surface area contributed by atoms with Gasteiger partial charge in [-0.25, -0.2) is 0 Å². The molecule has 2 nitrogen and oxygen atoms in total. The van der Waals surface area contributed by atoms with Gasteiger partial charge in [0.15, 0.2) is 0 Å².